The number of aromatic nitrogens is 1. The number of amides is 1. The quantitative estimate of drug-likeness (QED) is 0.507. The maximum atomic E-state index is 12.0. The largest absolute Gasteiger partial charge is 0.394 e. The number of hydrogen-bond acceptors (Lipinski definition) is 4. The van der Waals surface area contributed by atoms with Crippen molar-refractivity contribution in [2.24, 2.45) is 0 Å². The van der Waals surface area contributed by atoms with Gasteiger partial charge in [0.2, 0.25) is 0 Å². The van der Waals surface area contributed by atoms with Gasteiger partial charge in [-0.2, -0.15) is 0 Å². The fourth-order valence-corrected chi connectivity index (χ4v) is 1.77. The Kier molecular flexibility index (Phi) is 3.84. The topological polar surface area (TPSA) is 106 Å². The van der Waals surface area contributed by atoms with Gasteiger partial charge in [-0.15, -0.1) is 0 Å². The summed E-state index contributed by atoms with van der Waals surface area (Å²) in [7, 11) is 0. The van der Waals surface area contributed by atoms with Crippen LogP contribution in [0.4, 0.5) is 0 Å². The molecule has 2 rings (SSSR count). The summed E-state index contributed by atoms with van der Waals surface area (Å²) in [5, 5.41) is 30.9. The number of carbonyl (C=O) groups excluding carboxylic acids is 1. The Morgan fingerprint density at radius 1 is 1.16 bits per heavy atom. The molecule has 2 aromatic rings. The third-order valence-corrected chi connectivity index (χ3v) is 3.10. The minimum Gasteiger partial charge on any atom is -0.394 e. The second-order valence-electron chi connectivity index (χ2n) is 4.49. The first-order valence-corrected chi connectivity index (χ1v) is 5.86. The molecular weight excluding hydrogens is 248 g/mol. The van der Waals surface area contributed by atoms with Crippen LogP contribution in [-0.2, 0) is 0 Å². The Labute approximate surface area is 109 Å². The Morgan fingerprint density at radius 2 is 1.84 bits per heavy atom. The Bertz CT molecular complexity index is 567. The van der Waals surface area contributed by atoms with Crippen LogP contribution in [0, 0.1) is 0 Å². The van der Waals surface area contributed by atoms with E-state index in [0.717, 1.165) is 10.9 Å². The maximum Gasteiger partial charge on any atom is 0.252 e. The summed E-state index contributed by atoms with van der Waals surface area (Å²) in [6, 6.07) is 6.99. The lowest BCUT2D eigenvalue weighted by Gasteiger charge is -2.28. The van der Waals surface area contributed by atoms with Crippen LogP contribution in [0.2, 0.25) is 0 Å². The molecule has 0 fully saturated rings. The van der Waals surface area contributed by atoms with Gasteiger partial charge in [-0.3, -0.25) is 4.79 Å². The molecule has 19 heavy (non-hydrogen) atoms. The second-order valence-corrected chi connectivity index (χ2v) is 4.49. The van der Waals surface area contributed by atoms with Crippen molar-refractivity contribution in [2.75, 3.05) is 19.8 Å². The minimum absolute atomic E-state index is 0.384. The molecule has 102 valence electrons. The lowest BCUT2D eigenvalue weighted by atomic mass is 10.0. The zero-order valence-corrected chi connectivity index (χ0v) is 10.3. The van der Waals surface area contributed by atoms with Gasteiger partial charge < -0.3 is 25.6 Å². The first kappa shape index (κ1) is 13.5. The van der Waals surface area contributed by atoms with Crippen molar-refractivity contribution in [3.05, 3.63) is 36.0 Å². The molecule has 0 saturated heterocycles. The molecule has 0 atom stereocenters. The van der Waals surface area contributed by atoms with Gasteiger partial charge in [-0.1, -0.05) is 6.07 Å². The molecule has 1 aromatic heterocycles. The highest BCUT2D eigenvalue weighted by atomic mass is 16.3. The van der Waals surface area contributed by atoms with E-state index in [4.69, 9.17) is 0 Å². The number of carbonyl (C=O) groups is 1. The van der Waals surface area contributed by atoms with Crippen molar-refractivity contribution in [2.45, 2.75) is 5.54 Å². The van der Waals surface area contributed by atoms with Gasteiger partial charge in [0.15, 0.2) is 0 Å². The fourth-order valence-electron chi connectivity index (χ4n) is 1.77. The Hall–Kier alpha value is -1.89. The number of aromatic amines is 1. The highest BCUT2D eigenvalue weighted by molar-refractivity contribution is 5.98. The summed E-state index contributed by atoms with van der Waals surface area (Å²) in [5.74, 6) is -0.464. The normalized spacial score (nSPS) is 11.7. The van der Waals surface area contributed by atoms with E-state index >= 15 is 0 Å². The molecule has 1 heterocycles. The summed E-state index contributed by atoms with van der Waals surface area (Å²) in [5.41, 5.74) is -0.216. The van der Waals surface area contributed by atoms with E-state index in [2.05, 4.69) is 10.3 Å². The predicted molar refractivity (Wildman–Crippen MR) is 69.8 cm³/mol. The van der Waals surface area contributed by atoms with Gasteiger partial charge in [0.25, 0.3) is 5.91 Å². The van der Waals surface area contributed by atoms with Gasteiger partial charge in [0, 0.05) is 17.3 Å². The van der Waals surface area contributed by atoms with E-state index < -0.39 is 31.3 Å². The van der Waals surface area contributed by atoms with Crippen molar-refractivity contribution in [3.8, 4) is 0 Å². The molecule has 0 unspecified atom stereocenters. The molecule has 1 amide bonds. The molecule has 6 heteroatoms. The van der Waals surface area contributed by atoms with E-state index in [0.29, 0.717) is 5.56 Å². The van der Waals surface area contributed by atoms with E-state index in [-0.39, 0.29) is 0 Å². The molecule has 0 aliphatic heterocycles. The van der Waals surface area contributed by atoms with Crippen LogP contribution in [-0.4, -0.2) is 51.6 Å². The third kappa shape index (κ3) is 2.60. The summed E-state index contributed by atoms with van der Waals surface area (Å²) < 4.78 is 0. The fraction of sp³-hybridized carbons (Fsp3) is 0.308. The van der Waals surface area contributed by atoms with E-state index in [9.17, 15) is 20.1 Å². The molecule has 1 aromatic carbocycles. The van der Waals surface area contributed by atoms with E-state index in [1.54, 1.807) is 24.4 Å². The first-order chi connectivity index (χ1) is 9.14. The zero-order chi connectivity index (χ0) is 13.9. The van der Waals surface area contributed by atoms with Crippen LogP contribution in [0.5, 0.6) is 0 Å². The lowest BCUT2D eigenvalue weighted by Crippen LogP contribution is -2.57. The van der Waals surface area contributed by atoms with E-state index in [1.165, 1.54) is 0 Å². The molecule has 0 aliphatic carbocycles. The van der Waals surface area contributed by atoms with Crippen LogP contribution >= 0.6 is 0 Å². The highest BCUT2D eigenvalue weighted by Gasteiger charge is 2.30. The molecular formula is C13H16N2O4. The number of rotatable bonds is 5. The van der Waals surface area contributed by atoms with E-state index in [1.807, 2.05) is 6.07 Å². The molecule has 0 saturated carbocycles. The number of nitrogens with one attached hydrogen (secondary N) is 2. The Morgan fingerprint density at radius 3 is 2.47 bits per heavy atom. The highest BCUT2D eigenvalue weighted by Crippen LogP contribution is 2.15. The van der Waals surface area contributed by atoms with Crippen LogP contribution in [0.1, 0.15) is 10.4 Å². The molecule has 0 spiro atoms. The zero-order valence-electron chi connectivity index (χ0n) is 10.3. The van der Waals surface area contributed by atoms with Crippen molar-refractivity contribution < 1.29 is 20.1 Å². The monoisotopic (exact) mass is 264 g/mol. The van der Waals surface area contributed by atoms with Gasteiger partial charge >= 0.3 is 0 Å². The molecule has 0 radical (unpaired) electrons. The lowest BCUT2D eigenvalue weighted by molar-refractivity contribution is 0.0375. The summed E-state index contributed by atoms with van der Waals surface area (Å²) in [6.07, 6.45) is 1.77. The summed E-state index contributed by atoms with van der Waals surface area (Å²) in [6.45, 7) is -1.64. The molecule has 0 bridgehead atoms. The molecule has 5 N–H and O–H groups in total. The number of hydrogen-bond donors (Lipinski definition) is 5. The average molecular weight is 264 g/mol. The van der Waals surface area contributed by atoms with Gasteiger partial charge in [0.1, 0.15) is 5.54 Å². The van der Waals surface area contributed by atoms with Crippen molar-refractivity contribution in [1.82, 2.24) is 10.3 Å². The molecule has 0 aliphatic rings. The van der Waals surface area contributed by atoms with Crippen LogP contribution < -0.4 is 5.32 Å². The van der Waals surface area contributed by atoms with Crippen LogP contribution in [0.15, 0.2) is 30.5 Å². The number of aliphatic hydroxyl groups is 3. The minimum atomic E-state index is -1.41. The van der Waals surface area contributed by atoms with Gasteiger partial charge in [0.05, 0.1) is 19.8 Å². The van der Waals surface area contributed by atoms with Crippen molar-refractivity contribution in [3.63, 3.8) is 0 Å². The van der Waals surface area contributed by atoms with Crippen LogP contribution in [0.25, 0.3) is 10.9 Å². The summed E-state index contributed by atoms with van der Waals surface area (Å²) in [4.78, 5) is 15.0. The number of benzene rings is 1. The van der Waals surface area contributed by atoms with Gasteiger partial charge in [-0.25, -0.2) is 0 Å². The maximum absolute atomic E-state index is 12.0. The van der Waals surface area contributed by atoms with Gasteiger partial charge in [-0.05, 0) is 23.6 Å². The smallest absolute Gasteiger partial charge is 0.252 e. The Balaban J connectivity index is 2.23. The van der Waals surface area contributed by atoms with Crippen molar-refractivity contribution in [1.29, 1.82) is 0 Å². The number of aliphatic hydroxyl groups excluding tert-OH is 3. The third-order valence-electron chi connectivity index (χ3n) is 3.10. The van der Waals surface area contributed by atoms with Crippen LogP contribution in [0.3, 0.4) is 0 Å². The second kappa shape index (κ2) is 5.40. The predicted octanol–water partition coefficient (Wildman–Crippen LogP) is -0.387. The SMILES string of the molecule is O=C(NC(CO)(CO)CO)c1ccc2cc[nH]c2c1. The molecule has 6 nitrogen and oxygen atoms in total. The summed E-state index contributed by atoms with van der Waals surface area (Å²) >= 11 is 0. The number of fused-ring (bicyclic) bond motifs is 1. The average Bonchev–Trinajstić information content (AvgIpc) is 2.92. The first-order valence-electron chi connectivity index (χ1n) is 5.86. The number of H-pyrrole nitrogens is 1. The van der Waals surface area contributed by atoms with Crippen molar-refractivity contribution >= 4 is 16.8 Å². The standard InChI is InChI=1S/C13H16N2O4/c16-6-13(7-17,8-18)15-12(19)10-2-1-9-3-4-14-11(9)5-10/h1-5,14,16-18H,6-8H2,(H,15,19).